The van der Waals surface area contributed by atoms with E-state index in [1.54, 1.807) is 0 Å². The molecule has 0 spiro atoms. The molecule has 0 amide bonds. The number of rotatable bonds is 14. The first-order valence-corrected chi connectivity index (χ1v) is 10.4. The Kier molecular flexibility index (Phi) is 28.7. The third kappa shape index (κ3) is 16.7. The van der Waals surface area contributed by atoms with Gasteiger partial charge in [0.2, 0.25) is 9.87 Å². The van der Waals surface area contributed by atoms with Crippen LogP contribution in [0.15, 0.2) is 0 Å². The second-order valence-corrected chi connectivity index (χ2v) is 8.71. The molecule has 0 saturated heterocycles. The smallest absolute Gasteiger partial charge is 0.550 e. The van der Waals surface area contributed by atoms with Crippen LogP contribution in [0.4, 0.5) is 0 Å². The Morgan fingerprint density at radius 2 is 0.789 bits per heavy atom. The maximum absolute atomic E-state index is 10.8. The first-order chi connectivity index (χ1) is 15.1. The largest absolute Gasteiger partial charge is 1.00 e. The summed E-state index contributed by atoms with van der Waals surface area (Å²) in [7, 11) is -11.2. The van der Waals surface area contributed by atoms with Crippen molar-refractivity contribution in [1.29, 1.82) is 0 Å². The minimum Gasteiger partial charge on any atom is -0.550 e. The van der Waals surface area contributed by atoms with E-state index in [4.69, 9.17) is 19.3 Å². The maximum Gasteiger partial charge on any atom is 1.00 e. The van der Waals surface area contributed by atoms with E-state index in [-0.39, 0.29) is 118 Å². The van der Waals surface area contributed by atoms with Crippen molar-refractivity contribution in [3.63, 3.8) is 0 Å². The van der Waals surface area contributed by atoms with E-state index in [1.165, 1.54) is 0 Å². The standard InChI is InChI=1S/2C6H8O10S.4Na/c2*7-3(8)1-6(5(11)12,17(13,14)15)16-2-4(9)10;;;;/h2*1-2H2,(H,7,8)(H,9,10)(H,11,12)(H,13,14,15);;;;/q;;4*+1/p-4. The fourth-order valence-electron chi connectivity index (χ4n) is 1.64. The van der Waals surface area contributed by atoms with Gasteiger partial charge in [0.05, 0.1) is 11.9 Å². The predicted molar refractivity (Wildman–Crippen MR) is 85.0 cm³/mol. The first-order valence-electron chi connectivity index (χ1n) is 7.54. The second kappa shape index (κ2) is 21.3. The van der Waals surface area contributed by atoms with Crippen LogP contribution in [0.25, 0.3) is 0 Å². The van der Waals surface area contributed by atoms with E-state index in [0.29, 0.717) is 0 Å². The van der Waals surface area contributed by atoms with Gasteiger partial charge in [0.25, 0.3) is 0 Å². The summed E-state index contributed by atoms with van der Waals surface area (Å²) in [6.07, 6.45) is -3.64. The Hall–Kier alpha value is 0.560. The number of carbonyl (C=O) groups is 6. The molecule has 0 aliphatic heterocycles. The van der Waals surface area contributed by atoms with Gasteiger partial charge in [0.15, 0.2) is 0 Å². The summed E-state index contributed by atoms with van der Waals surface area (Å²) < 4.78 is 68.1. The van der Waals surface area contributed by atoms with Gasteiger partial charge in [-0.05, 0) is 0 Å². The Morgan fingerprint density at radius 3 is 0.895 bits per heavy atom. The van der Waals surface area contributed by atoms with E-state index in [1.807, 2.05) is 0 Å². The molecule has 26 heteroatoms. The third-order valence-corrected chi connectivity index (χ3v) is 5.59. The van der Waals surface area contributed by atoms with Crippen molar-refractivity contribution >= 4 is 56.1 Å². The van der Waals surface area contributed by atoms with Crippen molar-refractivity contribution in [2.45, 2.75) is 22.7 Å². The zero-order valence-electron chi connectivity index (χ0n) is 20.0. The van der Waals surface area contributed by atoms with Crippen LogP contribution >= 0.6 is 0 Å². The number of carboxylic acid groups (broad SMARTS) is 6. The molecule has 0 aliphatic rings. The average molecular weight is 632 g/mol. The van der Waals surface area contributed by atoms with Gasteiger partial charge in [-0.1, -0.05) is 0 Å². The molecule has 2 atom stereocenters. The predicted octanol–water partition coefficient (Wildman–Crippen LogP) is -20.9. The maximum atomic E-state index is 10.8. The number of hydrogen-bond acceptors (Lipinski definition) is 16. The van der Waals surface area contributed by atoms with Crippen molar-refractivity contribution in [3.05, 3.63) is 0 Å². The molecule has 38 heavy (non-hydrogen) atoms. The van der Waals surface area contributed by atoms with Gasteiger partial charge in [-0.25, -0.2) is 9.59 Å². The van der Waals surface area contributed by atoms with Gasteiger partial charge >= 0.3 is 150 Å². The van der Waals surface area contributed by atoms with E-state index in [9.17, 15) is 66.0 Å². The topological polar surface area (TPSA) is 362 Å². The van der Waals surface area contributed by atoms with E-state index < -0.39 is 92.0 Å². The average Bonchev–Trinajstić information content (AvgIpc) is 2.59. The molecule has 0 fully saturated rings. The second-order valence-electron chi connectivity index (χ2n) is 5.49. The van der Waals surface area contributed by atoms with E-state index in [0.717, 1.165) is 0 Å². The summed E-state index contributed by atoms with van der Waals surface area (Å²) in [6.45, 7) is -2.94. The molecular weight excluding hydrogens is 620 g/mol. The van der Waals surface area contributed by atoms with E-state index in [2.05, 4.69) is 9.47 Å². The van der Waals surface area contributed by atoms with Crippen LogP contribution < -0.4 is 139 Å². The Labute approximate surface area is 301 Å². The number of aliphatic carboxylic acids is 6. The molecule has 0 aromatic heterocycles. The van der Waals surface area contributed by atoms with Crippen molar-refractivity contribution < 1.29 is 213 Å². The summed E-state index contributed by atoms with van der Waals surface area (Å²) in [5, 5.41) is 57.9. The quantitative estimate of drug-likeness (QED) is 0.102. The van der Waals surface area contributed by atoms with Crippen LogP contribution in [0.1, 0.15) is 12.8 Å². The van der Waals surface area contributed by atoms with E-state index >= 15 is 0 Å². The Balaban J connectivity index is -0.000000122. The van der Waals surface area contributed by atoms with Crippen LogP contribution in [-0.2, 0) is 58.5 Å². The molecule has 0 aliphatic carbocycles. The molecule has 196 valence electrons. The summed E-state index contributed by atoms with van der Waals surface area (Å²) in [5.41, 5.74) is 0. The van der Waals surface area contributed by atoms with Crippen LogP contribution in [0.2, 0.25) is 0 Å². The fraction of sp³-hybridized carbons (Fsp3) is 0.500. The monoisotopic (exact) mass is 632 g/mol. The van der Waals surface area contributed by atoms with Crippen LogP contribution in [-0.4, -0.2) is 95.0 Å². The molecule has 0 radical (unpaired) electrons. The summed E-state index contributed by atoms with van der Waals surface area (Å²) in [5.74, 6) is -13.2. The number of carboxylic acids is 6. The molecule has 0 rings (SSSR count). The van der Waals surface area contributed by atoms with Crippen LogP contribution in [0, 0.1) is 0 Å². The molecular formula is C12H12Na4O20S2. The molecule has 4 N–H and O–H groups in total. The normalized spacial score (nSPS) is 13.3. The molecule has 20 nitrogen and oxygen atoms in total. The zero-order chi connectivity index (χ0) is 27.7. The van der Waals surface area contributed by atoms with Crippen molar-refractivity contribution in [1.82, 2.24) is 0 Å². The third-order valence-electron chi connectivity index (χ3n) is 3.07. The van der Waals surface area contributed by atoms with Gasteiger partial charge in [0, 0.05) is 24.8 Å². The molecule has 0 bridgehead atoms. The SMILES string of the molecule is O=C([O-])CC(OCC(=O)O)(C(=O)[O-])S(=O)(=O)O.O=C([O-])CC(OCC(=O)O)(C(=O)[O-])S(=O)(=O)O.[Na+].[Na+].[Na+].[Na+]. The summed E-state index contributed by atoms with van der Waals surface area (Å²) in [4.78, 5) is 54.3. The van der Waals surface area contributed by atoms with Gasteiger partial charge in [0.1, 0.15) is 13.2 Å². The molecule has 0 aromatic rings. The Morgan fingerprint density at radius 1 is 0.579 bits per heavy atom. The fourth-order valence-corrected chi connectivity index (χ4v) is 3.08. The number of carbonyl (C=O) groups excluding carboxylic acids is 4. The van der Waals surface area contributed by atoms with Gasteiger partial charge < -0.3 is 59.3 Å². The minimum atomic E-state index is -5.58. The summed E-state index contributed by atoms with van der Waals surface area (Å²) >= 11 is 0. The van der Waals surface area contributed by atoms with Crippen molar-refractivity contribution in [2.75, 3.05) is 13.2 Å². The molecule has 0 heterocycles. The first kappa shape index (κ1) is 51.3. The zero-order valence-corrected chi connectivity index (χ0v) is 29.6. The molecule has 2 unspecified atom stereocenters. The molecule has 0 aromatic carbocycles. The molecule has 0 saturated carbocycles. The Bertz CT molecular complexity index is 974. The van der Waals surface area contributed by atoms with Crippen LogP contribution in [0.3, 0.4) is 0 Å². The summed E-state index contributed by atoms with van der Waals surface area (Å²) in [6, 6.07) is 0. The van der Waals surface area contributed by atoms with Gasteiger partial charge in [-0.3, -0.25) is 9.11 Å². The van der Waals surface area contributed by atoms with Gasteiger partial charge in [-0.15, -0.1) is 0 Å². The van der Waals surface area contributed by atoms with Crippen molar-refractivity contribution in [3.8, 4) is 0 Å². The van der Waals surface area contributed by atoms with Crippen LogP contribution in [0.5, 0.6) is 0 Å². The van der Waals surface area contributed by atoms with Crippen molar-refractivity contribution in [2.24, 2.45) is 0 Å². The van der Waals surface area contributed by atoms with Gasteiger partial charge in [-0.2, -0.15) is 16.8 Å². The number of hydrogen-bond donors (Lipinski definition) is 4. The minimum absolute atomic E-state index is 0. The number of ether oxygens (including phenoxy) is 2.